The Kier molecular flexibility index (Phi) is 11.4. The van der Waals surface area contributed by atoms with Crippen molar-refractivity contribution < 1.29 is 28.5 Å². The highest BCUT2D eigenvalue weighted by atomic mass is 16.5. The average Bonchev–Trinajstić information content (AvgIpc) is 3.17. The summed E-state index contributed by atoms with van der Waals surface area (Å²) in [7, 11) is 6.29. The van der Waals surface area contributed by atoms with Crippen molar-refractivity contribution in [3.63, 3.8) is 0 Å². The molecule has 224 valence electrons. The minimum Gasteiger partial charge on any atom is -0.493 e. The van der Waals surface area contributed by atoms with E-state index in [0.717, 1.165) is 16.7 Å². The molecule has 0 aromatic heterocycles. The topological polar surface area (TPSA) is 124 Å². The third-order valence-electron chi connectivity index (χ3n) is 7.09. The molecular weight excluding hydrogens is 526 g/mol. The Labute approximate surface area is 242 Å². The van der Waals surface area contributed by atoms with Gasteiger partial charge >= 0.3 is 0 Å². The summed E-state index contributed by atoms with van der Waals surface area (Å²) in [6, 6.07) is 5.97. The lowest BCUT2D eigenvalue weighted by atomic mass is 9.95. The van der Waals surface area contributed by atoms with Crippen molar-refractivity contribution in [2.45, 2.75) is 58.5 Å². The van der Waals surface area contributed by atoms with E-state index in [9.17, 15) is 14.4 Å². The van der Waals surface area contributed by atoms with Crippen molar-refractivity contribution in [2.24, 2.45) is 5.92 Å². The lowest BCUT2D eigenvalue weighted by Gasteiger charge is -2.20. The summed E-state index contributed by atoms with van der Waals surface area (Å²) in [4.78, 5) is 38.9. The molecule has 0 saturated carbocycles. The number of amides is 2. The first-order valence-corrected chi connectivity index (χ1v) is 14.0. The van der Waals surface area contributed by atoms with Crippen LogP contribution in [-0.4, -0.2) is 59.4 Å². The third kappa shape index (κ3) is 7.70. The number of nitrogens with one attached hydrogen (secondary N) is 3. The maximum atomic E-state index is 13.7. The zero-order chi connectivity index (χ0) is 30.1. The number of carbonyl (C=O) groups is 2. The number of anilines is 1. The largest absolute Gasteiger partial charge is 0.493 e. The molecule has 2 aromatic carbocycles. The summed E-state index contributed by atoms with van der Waals surface area (Å²) >= 11 is 0. The number of methoxy groups -OCH3 is 4. The van der Waals surface area contributed by atoms with Crippen molar-refractivity contribution in [1.29, 1.82) is 0 Å². The van der Waals surface area contributed by atoms with E-state index in [4.69, 9.17) is 18.9 Å². The van der Waals surface area contributed by atoms with Gasteiger partial charge in [-0.05, 0) is 66.5 Å². The zero-order valence-electron chi connectivity index (χ0n) is 25.1. The minimum atomic E-state index is -0.607. The first-order valence-electron chi connectivity index (χ1n) is 14.0. The molecule has 0 heterocycles. The summed E-state index contributed by atoms with van der Waals surface area (Å²) in [5.41, 5.74) is 3.10. The molecule has 10 nitrogen and oxygen atoms in total. The van der Waals surface area contributed by atoms with E-state index in [1.54, 1.807) is 40.6 Å². The third-order valence-corrected chi connectivity index (χ3v) is 7.09. The van der Waals surface area contributed by atoms with Crippen molar-refractivity contribution in [3.05, 3.63) is 45.6 Å². The molecule has 1 aliphatic carbocycles. The molecule has 2 aromatic rings. The smallest absolute Gasteiger partial charge is 0.242 e. The number of aryl methyl sites for hydroxylation is 1. The van der Waals surface area contributed by atoms with E-state index < -0.39 is 12.1 Å². The van der Waals surface area contributed by atoms with Gasteiger partial charge in [0, 0.05) is 32.7 Å². The summed E-state index contributed by atoms with van der Waals surface area (Å²) in [5.74, 6) is 1.28. The van der Waals surface area contributed by atoms with E-state index in [2.05, 4.69) is 16.0 Å². The molecule has 2 atom stereocenters. The van der Waals surface area contributed by atoms with Gasteiger partial charge in [-0.2, -0.15) is 0 Å². The molecule has 0 radical (unpaired) electrons. The second-order valence-corrected chi connectivity index (χ2v) is 10.6. The fourth-order valence-electron chi connectivity index (χ4n) is 5.27. The highest BCUT2D eigenvalue weighted by Gasteiger charge is 2.30. The number of carbonyl (C=O) groups excluding carboxylic acids is 2. The van der Waals surface area contributed by atoms with Gasteiger partial charge in [-0.3, -0.25) is 14.4 Å². The van der Waals surface area contributed by atoms with Crippen LogP contribution < -0.4 is 35.6 Å². The van der Waals surface area contributed by atoms with Gasteiger partial charge in [0.05, 0.1) is 33.1 Å². The molecule has 0 saturated heterocycles. The van der Waals surface area contributed by atoms with Crippen molar-refractivity contribution in [1.82, 2.24) is 10.6 Å². The second-order valence-electron chi connectivity index (χ2n) is 10.6. The van der Waals surface area contributed by atoms with Crippen molar-refractivity contribution >= 4 is 17.5 Å². The van der Waals surface area contributed by atoms with Gasteiger partial charge < -0.3 is 34.9 Å². The average molecular weight is 570 g/mol. The van der Waals surface area contributed by atoms with Crippen LogP contribution >= 0.6 is 0 Å². The summed E-state index contributed by atoms with van der Waals surface area (Å²) < 4.78 is 22.2. The van der Waals surface area contributed by atoms with Crippen LogP contribution in [0.25, 0.3) is 11.1 Å². The quantitative estimate of drug-likeness (QED) is 0.311. The number of ether oxygens (including phenoxy) is 4. The zero-order valence-corrected chi connectivity index (χ0v) is 25.1. The van der Waals surface area contributed by atoms with E-state index >= 15 is 0 Å². The first kappa shape index (κ1) is 31.7. The van der Waals surface area contributed by atoms with Crippen LogP contribution in [0.3, 0.4) is 0 Å². The number of hydrogen-bond donors (Lipinski definition) is 3. The van der Waals surface area contributed by atoms with Crippen LogP contribution in [0.1, 0.15) is 57.2 Å². The Hall–Kier alpha value is -3.79. The summed E-state index contributed by atoms with van der Waals surface area (Å²) in [5, 5.41) is 9.16. The molecule has 10 heteroatoms. The maximum Gasteiger partial charge on any atom is 0.242 e. The van der Waals surface area contributed by atoms with Gasteiger partial charge in [0.15, 0.2) is 11.5 Å². The Morgan fingerprint density at radius 1 is 1.02 bits per heavy atom. The standard InChI is InChI=1S/C31H43N3O7/c1-18(2)15-25(31(37)32-13-8-14-38-4)34-24-12-10-21-22(17-26(24)36)23(33-19(3)35)11-9-20-16-27(39-5)29(40-6)30(41-7)28(20)21/h10,12,16-18,23,25H,8-9,11,13-15H2,1-7H3,(H,32,37)(H,33,35)(H,34,36)/t23-,25-/m0/s1. The van der Waals surface area contributed by atoms with Crippen LogP contribution in [0.4, 0.5) is 5.69 Å². The Morgan fingerprint density at radius 3 is 2.37 bits per heavy atom. The second kappa shape index (κ2) is 14.7. The lowest BCUT2D eigenvalue weighted by Crippen LogP contribution is -2.41. The van der Waals surface area contributed by atoms with Gasteiger partial charge in [-0.15, -0.1) is 0 Å². The molecule has 0 bridgehead atoms. The SMILES string of the molecule is COCCCNC(=O)[C@H](CC(C)C)Nc1ccc2c(cc1=O)[C@@H](NC(C)=O)CCc1cc(OC)c(OC)c(OC)c1-2. The molecule has 2 amide bonds. The predicted molar refractivity (Wildman–Crippen MR) is 159 cm³/mol. The van der Waals surface area contributed by atoms with Crippen LogP contribution in [0.2, 0.25) is 0 Å². The van der Waals surface area contributed by atoms with Gasteiger partial charge in [-0.25, -0.2) is 0 Å². The molecule has 0 spiro atoms. The number of fused-ring (bicyclic) bond motifs is 3. The van der Waals surface area contributed by atoms with Gasteiger partial charge in [0.2, 0.25) is 23.0 Å². The maximum absolute atomic E-state index is 13.7. The molecule has 41 heavy (non-hydrogen) atoms. The molecule has 0 fully saturated rings. The minimum absolute atomic E-state index is 0.178. The van der Waals surface area contributed by atoms with Gasteiger partial charge in [-0.1, -0.05) is 19.9 Å². The number of rotatable bonds is 13. The molecule has 1 aliphatic rings. The van der Waals surface area contributed by atoms with E-state index in [-0.39, 0.29) is 23.2 Å². The fourth-order valence-corrected chi connectivity index (χ4v) is 5.27. The van der Waals surface area contributed by atoms with Crippen molar-refractivity contribution in [2.75, 3.05) is 46.9 Å². The summed E-state index contributed by atoms with van der Waals surface area (Å²) in [6.45, 7) is 6.54. The van der Waals surface area contributed by atoms with Gasteiger partial charge in [0.1, 0.15) is 6.04 Å². The Bertz CT molecular complexity index is 1300. The fraction of sp³-hybridized carbons (Fsp3) is 0.516. The molecular formula is C31H43N3O7. The van der Waals surface area contributed by atoms with Crippen LogP contribution in [0.15, 0.2) is 29.1 Å². The number of benzene rings is 1. The highest BCUT2D eigenvalue weighted by Crippen LogP contribution is 2.50. The van der Waals surface area contributed by atoms with E-state index in [1.807, 2.05) is 26.0 Å². The first-order chi connectivity index (χ1) is 19.6. The molecule has 3 rings (SSSR count). The van der Waals surface area contributed by atoms with Crippen LogP contribution in [0, 0.1) is 5.92 Å². The van der Waals surface area contributed by atoms with Crippen LogP contribution in [-0.2, 0) is 20.7 Å². The van der Waals surface area contributed by atoms with E-state index in [1.165, 1.54) is 6.92 Å². The lowest BCUT2D eigenvalue weighted by molar-refractivity contribution is -0.122. The molecule has 3 N–H and O–H groups in total. The van der Waals surface area contributed by atoms with E-state index in [0.29, 0.717) is 67.3 Å². The highest BCUT2D eigenvalue weighted by molar-refractivity contribution is 5.86. The van der Waals surface area contributed by atoms with Crippen LogP contribution in [0.5, 0.6) is 17.2 Å². The Morgan fingerprint density at radius 2 is 1.76 bits per heavy atom. The normalized spacial score (nSPS) is 14.7. The summed E-state index contributed by atoms with van der Waals surface area (Å²) in [6.07, 6.45) is 2.39. The molecule has 0 aliphatic heterocycles. The monoisotopic (exact) mass is 569 g/mol. The predicted octanol–water partition coefficient (Wildman–Crippen LogP) is 3.84. The van der Waals surface area contributed by atoms with Gasteiger partial charge in [0.25, 0.3) is 0 Å². The number of hydrogen-bond acceptors (Lipinski definition) is 8. The van der Waals surface area contributed by atoms with Crippen molar-refractivity contribution in [3.8, 4) is 28.4 Å². The Balaban J connectivity index is 2.17. The molecule has 0 unspecified atom stereocenters.